The Morgan fingerprint density at radius 3 is 2.31 bits per heavy atom. The molecule has 0 bridgehead atoms. The first-order chi connectivity index (χ1) is 7.93. The van der Waals surface area contributed by atoms with Gasteiger partial charge in [-0.25, -0.2) is 0 Å². The monoisotopic (exact) mass is 240 g/mol. The van der Waals surface area contributed by atoms with Gasteiger partial charge in [-0.15, -0.1) is 11.3 Å². The lowest BCUT2D eigenvalue weighted by atomic mass is 10.1. The smallest absolute Gasteiger partial charge is 0.129 e. The summed E-state index contributed by atoms with van der Waals surface area (Å²) in [6.07, 6.45) is 10.9. The minimum Gasteiger partial charge on any atom is -0.493 e. The third-order valence-corrected chi connectivity index (χ3v) is 3.42. The normalized spacial score (nSPS) is 10.6. The largest absolute Gasteiger partial charge is 0.493 e. The molecule has 0 fully saturated rings. The molecule has 1 aromatic heterocycles. The van der Waals surface area contributed by atoms with Crippen molar-refractivity contribution >= 4 is 11.3 Å². The summed E-state index contributed by atoms with van der Waals surface area (Å²) in [6, 6.07) is 2.04. The molecular formula is C14H24OS. The number of rotatable bonds is 10. The summed E-state index contributed by atoms with van der Waals surface area (Å²) < 4.78 is 5.60. The van der Waals surface area contributed by atoms with Gasteiger partial charge in [-0.2, -0.15) is 0 Å². The lowest BCUT2D eigenvalue weighted by Crippen LogP contribution is -1.95. The van der Waals surface area contributed by atoms with Gasteiger partial charge in [0.25, 0.3) is 0 Å². The number of hydrogen-bond donors (Lipinski definition) is 0. The molecular weight excluding hydrogens is 216 g/mol. The van der Waals surface area contributed by atoms with Crippen molar-refractivity contribution in [2.75, 3.05) is 6.61 Å². The molecule has 0 aliphatic heterocycles. The molecule has 1 aromatic rings. The number of ether oxygens (including phenoxy) is 1. The van der Waals surface area contributed by atoms with Crippen molar-refractivity contribution < 1.29 is 4.74 Å². The van der Waals surface area contributed by atoms with Gasteiger partial charge in [0.05, 0.1) is 6.61 Å². The van der Waals surface area contributed by atoms with Gasteiger partial charge in [0.2, 0.25) is 0 Å². The van der Waals surface area contributed by atoms with E-state index in [9.17, 15) is 0 Å². The second-order valence-electron chi connectivity index (χ2n) is 4.28. The molecule has 2 heteroatoms. The van der Waals surface area contributed by atoms with Crippen LogP contribution in [0.5, 0.6) is 5.75 Å². The van der Waals surface area contributed by atoms with Gasteiger partial charge in [-0.1, -0.05) is 51.9 Å². The molecule has 0 N–H and O–H groups in total. The Morgan fingerprint density at radius 2 is 1.69 bits per heavy atom. The molecule has 0 aliphatic rings. The maximum absolute atomic E-state index is 5.60. The van der Waals surface area contributed by atoms with Gasteiger partial charge < -0.3 is 4.74 Å². The Kier molecular flexibility index (Phi) is 8.23. The van der Waals surface area contributed by atoms with Crippen LogP contribution in [0.3, 0.4) is 0 Å². The molecule has 1 nitrogen and oxygen atoms in total. The molecule has 0 atom stereocenters. The Morgan fingerprint density at radius 1 is 1.00 bits per heavy atom. The molecule has 0 radical (unpaired) electrons. The van der Waals surface area contributed by atoms with E-state index in [4.69, 9.17) is 4.74 Å². The first kappa shape index (κ1) is 13.6. The van der Waals surface area contributed by atoms with E-state index in [-0.39, 0.29) is 0 Å². The topological polar surface area (TPSA) is 9.23 Å². The molecule has 0 saturated carbocycles. The van der Waals surface area contributed by atoms with Crippen LogP contribution >= 0.6 is 11.3 Å². The molecule has 16 heavy (non-hydrogen) atoms. The lowest BCUT2D eigenvalue weighted by molar-refractivity contribution is 0.305. The predicted octanol–water partition coefficient (Wildman–Crippen LogP) is 5.27. The van der Waals surface area contributed by atoms with E-state index in [1.54, 1.807) is 11.3 Å². The quantitative estimate of drug-likeness (QED) is 0.506. The average molecular weight is 240 g/mol. The molecule has 0 amide bonds. The van der Waals surface area contributed by atoms with Crippen LogP contribution in [0.1, 0.15) is 58.3 Å². The van der Waals surface area contributed by atoms with Crippen molar-refractivity contribution in [3.8, 4) is 5.75 Å². The van der Waals surface area contributed by atoms with E-state index in [0.717, 1.165) is 12.4 Å². The summed E-state index contributed by atoms with van der Waals surface area (Å²) >= 11 is 1.69. The van der Waals surface area contributed by atoms with Crippen LogP contribution in [0.15, 0.2) is 16.8 Å². The average Bonchev–Trinajstić information content (AvgIpc) is 2.80. The van der Waals surface area contributed by atoms with Gasteiger partial charge in [0.15, 0.2) is 0 Å². The standard InChI is InChI=1S/C14H24OS/c1-2-3-4-5-6-7-8-9-11-15-14-10-12-16-13-14/h10,12-13H,2-9,11H2,1H3. The van der Waals surface area contributed by atoms with Crippen molar-refractivity contribution in [2.24, 2.45) is 0 Å². The van der Waals surface area contributed by atoms with Crippen molar-refractivity contribution in [3.63, 3.8) is 0 Å². The lowest BCUT2D eigenvalue weighted by Gasteiger charge is -2.03. The van der Waals surface area contributed by atoms with E-state index in [2.05, 4.69) is 17.7 Å². The molecule has 0 saturated heterocycles. The molecule has 0 aromatic carbocycles. The zero-order valence-corrected chi connectivity index (χ0v) is 11.2. The highest BCUT2D eigenvalue weighted by Crippen LogP contribution is 2.15. The van der Waals surface area contributed by atoms with Crippen molar-refractivity contribution in [2.45, 2.75) is 58.3 Å². The van der Waals surface area contributed by atoms with Crippen LogP contribution in [0, 0.1) is 0 Å². The van der Waals surface area contributed by atoms with Crippen LogP contribution in [0.4, 0.5) is 0 Å². The fraction of sp³-hybridized carbons (Fsp3) is 0.714. The van der Waals surface area contributed by atoms with Crippen molar-refractivity contribution in [3.05, 3.63) is 16.8 Å². The van der Waals surface area contributed by atoms with Gasteiger partial charge in [0.1, 0.15) is 5.75 Å². The van der Waals surface area contributed by atoms with Crippen molar-refractivity contribution in [1.29, 1.82) is 0 Å². The minimum absolute atomic E-state index is 0.881. The van der Waals surface area contributed by atoms with Gasteiger partial charge in [0, 0.05) is 5.38 Å². The number of thiophene rings is 1. The minimum atomic E-state index is 0.881. The highest BCUT2D eigenvalue weighted by molar-refractivity contribution is 7.08. The van der Waals surface area contributed by atoms with Crippen LogP contribution < -0.4 is 4.74 Å². The molecule has 0 unspecified atom stereocenters. The summed E-state index contributed by atoms with van der Waals surface area (Å²) in [5.74, 6) is 1.04. The molecule has 1 heterocycles. The Balaban J connectivity index is 1.78. The van der Waals surface area contributed by atoms with Crippen LogP contribution in [-0.2, 0) is 0 Å². The van der Waals surface area contributed by atoms with Gasteiger partial charge >= 0.3 is 0 Å². The maximum atomic E-state index is 5.60. The fourth-order valence-corrected chi connectivity index (χ4v) is 2.33. The fourth-order valence-electron chi connectivity index (χ4n) is 1.76. The molecule has 1 rings (SSSR count). The maximum Gasteiger partial charge on any atom is 0.129 e. The SMILES string of the molecule is CCCCCCCCCCOc1ccsc1. The number of unbranched alkanes of at least 4 members (excludes halogenated alkanes) is 7. The van der Waals surface area contributed by atoms with Crippen LogP contribution in [0.25, 0.3) is 0 Å². The van der Waals surface area contributed by atoms with Crippen molar-refractivity contribution in [1.82, 2.24) is 0 Å². The second-order valence-corrected chi connectivity index (χ2v) is 5.06. The third-order valence-electron chi connectivity index (χ3n) is 2.76. The second kappa shape index (κ2) is 9.71. The van der Waals surface area contributed by atoms with E-state index < -0.39 is 0 Å². The first-order valence-corrected chi connectivity index (χ1v) is 7.52. The van der Waals surface area contributed by atoms with Crippen LogP contribution in [-0.4, -0.2) is 6.61 Å². The summed E-state index contributed by atoms with van der Waals surface area (Å²) in [4.78, 5) is 0. The van der Waals surface area contributed by atoms with E-state index in [1.165, 1.54) is 51.4 Å². The third kappa shape index (κ3) is 6.89. The van der Waals surface area contributed by atoms with Gasteiger partial charge in [-0.3, -0.25) is 0 Å². The highest BCUT2D eigenvalue weighted by atomic mass is 32.1. The van der Waals surface area contributed by atoms with E-state index >= 15 is 0 Å². The summed E-state index contributed by atoms with van der Waals surface area (Å²) in [6.45, 7) is 3.15. The van der Waals surface area contributed by atoms with Crippen LogP contribution in [0.2, 0.25) is 0 Å². The zero-order valence-electron chi connectivity index (χ0n) is 10.4. The Bertz CT molecular complexity index is 231. The Labute approximate surface area is 104 Å². The van der Waals surface area contributed by atoms with E-state index in [1.807, 2.05) is 6.07 Å². The summed E-state index contributed by atoms with van der Waals surface area (Å²) in [7, 11) is 0. The summed E-state index contributed by atoms with van der Waals surface area (Å²) in [5, 5.41) is 4.12. The molecule has 92 valence electrons. The van der Waals surface area contributed by atoms with E-state index in [0.29, 0.717) is 0 Å². The highest BCUT2D eigenvalue weighted by Gasteiger charge is 1.94. The zero-order chi connectivity index (χ0) is 11.5. The van der Waals surface area contributed by atoms with Gasteiger partial charge in [-0.05, 0) is 17.9 Å². The Hall–Kier alpha value is -0.500. The molecule has 0 spiro atoms. The predicted molar refractivity (Wildman–Crippen MR) is 72.4 cm³/mol. The number of hydrogen-bond acceptors (Lipinski definition) is 2. The summed E-state index contributed by atoms with van der Waals surface area (Å²) in [5.41, 5.74) is 0. The molecule has 0 aliphatic carbocycles. The first-order valence-electron chi connectivity index (χ1n) is 6.58.